The molecule has 0 saturated heterocycles. The Balaban J connectivity index is 2.09. The first-order valence-electron chi connectivity index (χ1n) is 6.11. The lowest BCUT2D eigenvalue weighted by Crippen LogP contribution is -1.97. The molecule has 2 aromatic carbocycles. The molecule has 2 aromatic rings. The Bertz CT molecular complexity index is 516. The predicted molar refractivity (Wildman–Crippen MR) is 74.8 cm³/mol. The fourth-order valence-corrected chi connectivity index (χ4v) is 3.55. The number of fused-ring (bicyclic) bond motifs is 1. The quantitative estimate of drug-likeness (QED) is 0.697. The predicted octanol–water partition coefficient (Wildman–Crippen LogP) is 4.49. The number of aryl methyl sites for hydroxylation is 1. The zero-order valence-electron chi connectivity index (χ0n) is 10.0. The van der Waals surface area contributed by atoms with Crippen LogP contribution in [0.4, 0.5) is 0 Å². The van der Waals surface area contributed by atoms with E-state index in [1.54, 1.807) is 11.1 Å². The van der Waals surface area contributed by atoms with Crippen molar-refractivity contribution in [3.63, 3.8) is 0 Å². The number of rotatable bonds is 2. The van der Waals surface area contributed by atoms with Crippen LogP contribution in [0.5, 0.6) is 0 Å². The molecule has 0 nitrogen and oxygen atoms in total. The summed E-state index contributed by atoms with van der Waals surface area (Å²) in [5.74, 6) is 0.606. The van der Waals surface area contributed by atoms with Crippen LogP contribution in [0.1, 0.15) is 29.0 Å². The molecule has 1 unspecified atom stereocenters. The molecule has 0 N–H and O–H groups in total. The van der Waals surface area contributed by atoms with Gasteiger partial charge in [-0.3, -0.25) is 0 Å². The van der Waals surface area contributed by atoms with Crippen LogP contribution >= 0.6 is 11.8 Å². The van der Waals surface area contributed by atoms with Gasteiger partial charge in [0.25, 0.3) is 0 Å². The van der Waals surface area contributed by atoms with E-state index in [0.29, 0.717) is 5.92 Å². The van der Waals surface area contributed by atoms with Crippen molar-refractivity contribution in [3.05, 3.63) is 65.2 Å². The fraction of sp³-hybridized carbons (Fsp3) is 0.250. The van der Waals surface area contributed by atoms with E-state index >= 15 is 0 Å². The van der Waals surface area contributed by atoms with Gasteiger partial charge in [-0.25, -0.2) is 0 Å². The molecule has 1 aliphatic rings. The first-order chi connectivity index (χ1) is 8.40. The minimum atomic E-state index is 0.606. The maximum absolute atomic E-state index is 2.29. The van der Waals surface area contributed by atoms with Gasteiger partial charge >= 0.3 is 0 Å². The molecule has 1 heteroatoms. The van der Waals surface area contributed by atoms with Gasteiger partial charge in [0.15, 0.2) is 0 Å². The van der Waals surface area contributed by atoms with Gasteiger partial charge in [0.1, 0.15) is 0 Å². The van der Waals surface area contributed by atoms with Crippen LogP contribution in [-0.2, 0) is 6.42 Å². The monoisotopic (exact) mass is 240 g/mol. The normalized spacial score (nSPS) is 18.1. The van der Waals surface area contributed by atoms with Crippen molar-refractivity contribution in [3.8, 4) is 0 Å². The molecule has 0 spiro atoms. The molecule has 86 valence electrons. The third-order valence-electron chi connectivity index (χ3n) is 3.63. The topological polar surface area (TPSA) is 0 Å². The van der Waals surface area contributed by atoms with Gasteiger partial charge in [-0.1, -0.05) is 42.5 Å². The number of hydrogen-bond donors (Lipinski definition) is 0. The Morgan fingerprint density at radius 2 is 1.82 bits per heavy atom. The lowest BCUT2D eigenvalue weighted by atomic mass is 9.93. The Hall–Kier alpha value is -1.21. The summed E-state index contributed by atoms with van der Waals surface area (Å²) in [6.45, 7) is 0. The second-order valence-corrected chi connectivity index (χ2v) is 5.38. The van der Waals surface area contributed by atoms with Crippen LogP contribution < -0.4 is 0 Å². The zero-order valence-corrected chi connectivity index (χ0v) is 10.8. The van der Waals surface area contributed by atoms with E-state index in [-0.39, 0.29) is 0 Å². The van der Waals surface area contributed by atoms with Gasteiger partial charge in [0.05, 0.1) is 0 Å². The van der Waals surface area contributed by atoms with Crippen LogP contribution in [0.3, 0.4) is 0 Å². The van der Waals surface area contributed by atoms with Crippen molar-refractivity contribution >= 4 is 11.8 Å². The maximum Gasteiger partial charge on any atom is 0.0110 e. The van der Waals surface area contributed by atoms with E-state index in [1.807, 2.05) is 11.8 Å². The van der Waals surface area contributed by atoms with E-state index in [0.717, 1.165) is 0 Å². The van der Waals surface area contributed by atoms with Crippen molar-refractivity contribution in [2.24, 2.45) is 0 Å². The zero-order chi connectivity index (χ0) is 11.7. The Kier molecular flexibility index (Phi) is 2.94. The molecule has 0 amide bonds. The van der Waals surface area contributed by atoms with Crippen molar-refractivity contribution in [2.45, 2.75) is 23.7 Å². The molecular weight excluding hydrogens is 224 g/mol. The Morgan fingerprint density at radius 3 is 2.59 bits per heavy atom. The second kappa shape index (κ2) is 4.58. The average molecular weight is 240 g/mol. The molecule has 0 radical (unpaired) electrons. The van der Waals surface area contributed by atoms with Gasteiger partial charge in [0, 0.05) is 10.8 Å². The smallest absolute Gasteiger partial charge is 0.0110 e. The van der Waals surface area contributed by atoms with E-state index in [1.165, 1.54) is 23.3 Å². The van der Waals surface area contributed by atoms with Crippen molar-refractivity contribution in [1.82, 2.24) is 0 Å². The van der Waals surface area contributed by atoms with E-state index in [9.17, 15) is 0 Å². The first kappa shape index (κ1) is 10.9. The number of thioether (sulfide) groups is 1. The van der Waals surface area contributed by atoms with Gasteiger partial charge in [-0.15, -0.1) is 11.8 Å². The Morgan fingerprint density at radius 1 is 1.00 bits per heavy atom. The van der Waals surface area contributed by atoms with Gasteiger partial charge in [-0.05, 0) is 41.9 Å². The molecule has 1 atom stereocenters. The lowest BCUT2D eigenvalue weighted by molar-refractivity contribution is 0.780. The van der Waals surface area contributed by atoms with E-state index < -0.39 is 0 Å². The fourth-order valence-electron chi connectivity index (χ4n) is 2.84. The third kappa shape index (κ3) is 1.89. The minimum absolute atomic E-state index is 0.606. The number of benzene rings is 2. The molecule has 0 fully saturated rings. The molecule has 1 aliphatic carbocycles. The summed E-state index contributed by atoms with van der Waals surface area (Å²) in [6, 6.07) is 17.7. The van der Waals surface area contributed by atoms with Crippen LogP contribution in [-0.4, -0.2) is 6.26 Å². The van der Waals surface area contributed by atoms with Gasteiger partial charge < -0.3 is 0 Å². The highest BCUT2D eigenvalue weighted by Gasteiger charge is 2.25. The molecule has 0 saturated carbocycles. The highest BCUT2D eigenvalue weighted by Crippen LogP contribution is 2.42. The van der Waals surface area contributed by atoms with Gasteiger partial charge in [-0.2, -0.15) is 0 Å². The van der Waals surface area contributed by atoms with E-state index in [4.69, 9.17) is 0 Å². The molecule has 0 heterocycles. The highest BCUT2D eigenvalue weighted by molar-refractivity contribution is 7.98. The Labute approximate surface area is 107 Å². The SMILES string of the molecule is CSc1cccc2c1C(c1ccccc1)CC2. The summed E-state index contributed by atoms with van der Waals surface area (Å²) >= 11 is 1.87. The van der Waals surface area contributed by atoms with Crippen LogP contribution in [0.15, 0.2) is 53.4 Å². The number of hydrogen-bond acceptors (Lipinski definition) is 1. The summed E-state index contributed by atoms with van der Waals surface area (Å²) < 4.78 is 0. The van der Waals surface area contributed by atoms with Crippen molar-refractivity contribution in [2.75, 3.05) is 6.26 Å². The first-order valence-corrected chi connectivity index (χ1v) is 7.33. The summed E-state index contributed by atoms with van der Waals surface area (Å²) in [7, 11) is 0. The lowest BCUT2D eigenvalue weighted by Gasteiger charge is -2.15. The minimum Gasteiger partial charge on any atom is -0.129 e. The third-order valence-corrected chi connectivity index (χ3v) is 4.42. The molecule has 3 rings (SSSR count). The standard InChI is InChI=1S/C16H16S/c1-17-15-9-5-8-13-10-11-14(16(13)15)12-6-3-2-4-7-12/h2-9,14H,10-11H2,1H3. The molecule has 0 bridgehead atoms. The molecule has 0 aromatic heterocycles. The molecular formula is C16H16S. The maximum atomic E-state index is 2.29. The van der Waals surface area contributed by atoms with Crippen molar-refractivity contribution in [1.29, 1.82) is 0 Å². The van der Waals surface area contributed by atoms with Crippen LogP contribution in [0.2, 0.25) is 0 Å². The highest BCUT2D eigenvalue weighted by atomic mass is 32.2. The summed E-state index contributed by atoms with van der Waals surface area (Å²) in [5, 5.41) is 0. The summed E-state index contributed by atoms with van der Waals surface area (Å²) in [4.78, 5) is 1.45. The largest absolute Gasteiger partial charge is 0.129 e. The molecule has 0 aliphatic heterocycles. The van der Waals surface area contributed by atoms with Crippen molar-refractivity contribution < 1.29 is 0 Å². The summed E-state index contributed by atoms with van der Waals surface area (Å²) in [5.41, 5.74) is 4.59. The van der Waals surface area contributed by atoms with Crippen LogP contribution in [0.25, 0.3) is 0 Å². The molecule has 17 heavy (non-hydrogen) atoms. The van der Waals surface area contributed by atoms with Gasteiger partial charge in [0.2, 0.25) is 0 Å². The van der Waals surface area contributed by atoms with Crippen LogP contribution in [0, 0.1) is 0 Å². The average Bonchev–Trinajstić information content (AvgIpc) is 2.83. The summed E-state index contributed by atoms with van der Waals surface area (Å²) in [6.07, 6.45) is 4.66. The van der Waals surface area contributed by atoms with E-state index in [2.05, 4.69) is 54.8 Å². The second-order valence-electron chi connectivity index (χ2n) is 4.54.